The van der Waals surface area contributed by atoms with Crippen LogP contribution in [0.15, 0.2) is 48.2 Å². The highest BCUT2D eigenvalue weighted by Gasteiger charge is 2.63. The second-order valence-electron chi connectivity index (χ2n) is 8.69. The molecule has 0 amide bonds. The Morgan fingerprint density at radius 1 is 0.743 bits per heavy atom. The molecule has 0 bridgehead atoms. The number of cyclic esters (lactones) is 1. The van der Waals surface area contributed by atoms with E-state index < -0.39 is 23.2 Å². The van der Waals surface area contributed by atoms with Crippen molar-refractivity contribution >= 4 is 17.5 Å². The van der Waals surface area contributed by atoms with Crippen molar-refractivity contribution in [2.75, 3.05) is 28.4 Å². The average Bonchev–Trinajstić information content (AvgIpc) is 2.88. The zero-order valence-electron chi connectivity index (χ0n) is 20.4. The summed E-state index contributed by atoms with van der Waals surface area (Å²) < 4.78 is 27.1. The van der Waals surface area contributed by atoms with E-state index in [0.717, 1.165) is 0 Å². The number of hydrogen-bond donors (Lipinski definition) is 0. The molecule has 8 heteroatoms. The number of hydrogen-bond acceptors (Lipinski definition) is 8. The van der Waals surface area contributed by atoms with Crippen LogP contribution in [-0.4, -0.2) is 46.0 Å². The molecule has 2 atom stereocenters. The van der Waals surface area contributed by atoms with E-state index >= 15 is 0 Å². The molecule has 1 fully saturated rings. The Kier molecular flexibility index (Phi) is 6.56. The van der Waals surface area contributed by atoms with Crippen molar-refractivity contribution < 1.29 is 38.1 Å². The molecule has 1 heterocycles. The number of benzene rings is 2. The third-order valence-corrected chi connectivity index (χ3v) is 7.00. The molecule has 0 saturated heterocycles. The predicted molar refractivity (Wildman–Crippen MR) is 126 cm³/mol. The first-order valence-corrected chi connectivity index (χ1v) is 11.2. The van der Waals surface area contributed by atoms with Crippen LogP contribution in [0.1, 0.15) is 42.7 Å². The monoisotopic (exact) mass is 480 g/mol. The first-order chi connectivity index (χ1) is 16.8. The second kappa shape index (κ2) is 9.44. The zero-order valence-corrected chi connectivity index (χ0v) is 20.4. The number of carbonyl (C=O) groups excluding carboxylic acids is 3. The van der Waals surface area contributed by atoms with Crippen molar-refractivity contribution in [3.8, 4) is 23.0 Å². The van der Waals surface area contributed by atoms with Crippen molar-refractivity contribution in [1.82, 2.24) is 0 Å². The standard InChI is InChI=1S/C27H28O8/c1-15-14-35-26(30)27(25(15)29)19(16-6-8-21(31-2)23(10-16)33-4)12-18(28)13-20(27)17-7-9-22(32-3)24(11-17)34-5/h6-11,14,19-20H,12-13H2,1-5H3. The summed E-state index contributed by atoms with van der Waals surface area (Å²) in [6, 6.07) is 10.3. The van der Waals surface area contributed by atoms with E-state index in [-0.39, 0.29) is 24.4 Å². The van der Waals surface area contributed by atoms with Crippen LogP contribution in [0.2, 0.25) is 0 Å². The van der Waals surface area contributed by atoms with Gasteiger partial charge in [0.2, 0.25) is 0 Å². The molecule has 0 radical (unpaired) electrons. The van der Waals surface area contributed by atoms with E-state index in [2.05, 4.69) is 0 Å². The van der Waals surface area contributed by atoms with Crippen LogP contribution in [0.4, 0.5) is 0 Å². The molecule has 184 valence electrons. The molecule has 1 aliphatic heterocycles. The minimum absolute atomic E-state index is 0.00733. The Morgan fingerprint density at radius 2 is 1.20 bits per heavy atom. The number of methoxy groups -OCH3 is 4. The van der Waals surface area contributed by atoms with Gasteiger partial charge in [-0.25, -0.2) is 0 Å². The first kappa shape index (κ1) is 24.3. The zero-order chi connectivity index (χ0) is 25.3. The Morgan fingerprint density at radius 3 is 1.63 bits per heavy atom. The highest BCUT2D eigenvalue weighted by Crippen LogP contribution is 2.58. The number of allylic oxidation sites excluding steroid dienone is 1. The molecule has 0 aromatic heterocycles. The summed E-state index contributed by atoms with van der Waals surface area (Å²) in [5, 5.41) is 0. The van der Waals surface area contributed by atoms with Gasteiger partial charge in [0.05, 0.1) is 28.4 Å². The molecule has 0 N–H and O–H groups in total. The van der Waals surface area contributed by atoms with E-state index in [4.69, 9.17) is 23.7 Å². The lowest BCUT2D eigenvalue weighted by molar-refractivity contribution is -0.163. The average molecular weight is 481 g/mol. The van der Waals surface area contributed by atoms with E-state index in [1.54, 1.807) is 43.3 Å². The Balaban J connectivity index is 1.97. The van der Waals surface area contributed by atoms with Gasteiger partial charge in [0.15, 0.2) is 28.8 Å². The van der Waals surface area contributed by atoms with Gasteiger partial charge in [-0.1, -0.05) is 12.1 Å². The molecule has 35 heavy (non-hydrogen) atoms. The van der Waals surface area contributed by atoms with Gasteiger partial charge < -0.3 is 23.7 Å². The van der Waals surface area contributed by atoms with Gasteiger partial charge in [-0.15, -0.1) is 0 Å². The van der Waals surface area contributed by atoms with Crippen molar-refractivity contribution in [3.63, 3.8) is 0 Å². The Labute approximate surface area is 203 Å². The van der Waals surface area contributed by atoms with Gasteiger partial charge >= 0.3 is 5.97 Å². The number of ether oxygens (including phenoxy) is 5. The van der Waals surface area contributed by atoms with Gasteiger partial charge in [-0.2, -0.15) is 0 Å². The van der Waals surface area contributed by atoms with Crippen molar-refractivity contribution in [2.24, 2.45) is 5.41 Å². The lowest BCUT2D eigenvalue weighted by atomic mass is 9.53. The smallest absolute Gasteiger partial charge is 0.326 e. The van der Waals surface area contributed by atoms with Crippen molar-refractivity contribution in [1.29, 1.82) is 0 Å². The quantitative estimate of drug-likeness (QED) is 0.453. The Hall–Kier alpha value is -3.81. The van der Waals surface area contributed by atoms with Crippen LogP contribution in [0.3, 0.4) is 0 Å². The maximum absolute atomic E-state index is 13.9. The van der Waals surface area contributed by atoms with Crippen LogP contribution in [0.25, 0.3) is 0 Å². The summed E-state index contributed by atoms with van der Waals surface area (Å²) >= 11 is 0. The lowest BCUT2D eigenvalue weighted by Gasteiger charge is -2.47. The molecule has 2 unspecified atom stereocenters. The van der Waals surface area contributed by atoms with Crippen LogP contribution in [0, 0.1) is 5.41 Å². The topological polar surface area (TPSA) is 97.4 Å². The van der Waals surface area contributed by atoms with Crippen LogP contribution in [0.5, 0.6) is 23.0 Å². The normalized spacial score (nSPS) is 24.0. The van der Waals surface area contributed by atoms with Crippen molar-refractivity contribution in [2.45, 2.75) is 31.6 Å². The molecule has 2 aromatic carbocycles. The van der Waals surface area contributed by atoms with Crippen LogP contribution >= 0.6 is 0 Å². The maximum Gasteiger partial charge on any atom is 0.326 e. The highest BCUT2D eigenvalue weighted by molar-refractivity contribution is 6.16. The van der Waals surface area contributed by atoms with E-state index in [0.29, 0.717) is 39.7 Å². The van der Waals surface area contributed by atoms with Gasteiger partial charge in [0, 0.05) is 30.3 Å². The fraction of sp³-hybridized carbons (Fsp3) is 0.370. The number of ketones is 2. The van der Waals surface area contributed by atoms with Gasteiger partial charge in [0.1, 0.15) is 17.5 Å². The van der Waals surface area contributed by atoms with E-state index in [1.807, 2.05) is 0 Å². The number of esters is 1. The summed E-state index contributed by atoms with van der Waals surface area (Å²) in [6.45, 7) is 1.62. The van der Waals surface area contributed by atoms with E-state index in [1.165, 1.54) is 34.7 Å². The summed E-state index contributed by atoms with van der Waals surface area (Å²) in [6.07, 6.45) is 1.20. The van der Waals surface area contributed by atoms with Crippen LogP contribution < -0.4 is 18.9 Å². The number of carbonyl (C=O) groups is 3. The molecule has 4 rings (SSSR count). The molecule has 2 aliphatic rings. The third-order valence-electron chi connectivity index (χ3n) is 7.00. The second-order valence-corrected chi connectivity index (χ2v) is 8.69. The maximum atomic E-state index is 13.9. The molecule has 2 aromatic rings. The SMILES string of the molecule is COc1ccc(C2CC(=O)CC(c3ccc(OC)c(OC)c3)C23C(=O)OC=C(C)C3=O)cc1OC. The molecule has 8 nitrogen and oxygen atoms in total. The van der Waals surface area contributed by atoms with E-state index in [9.17, 15) is 14.4 Å². The summed E-state index contributed by atoms with van der Waals surface area (Å²) in [4.78, 5) is 40.7. The number of Topliss-reactive ketones (excluding diaryl/α,β-unsaturated/α-hetero) is 2. The number of rotatable bonds is 6. The minimum atomic E-state index is -1.65. The minimum Gasteiger partial charge on any atom is -0.493 e. The summed E-state index contributed by atoms with van der Waals surface area (Å²) in [5.41, 5.74) is -0.108. The molecule has 1 spiro atoms. The summed E-state index contributed by atoms with van der Waals surface area (Å²) in [7, 11) is 6.05. The summed E-state index contributed by atoms with van der Waals surface area (Å²) in [5.74, 6) is -0.788. The van der Waals surface area contributed by atoms with Gasteiger partial charge in [-0.3, -0.25) is 14.4 Å². The third kappa shape index (κ3) is 3.83. The van der Waals surface area contributed by atoms with Gasteiger partial charge in [0.25, 0.3) is 0 Å². The fourth-order valence-corrected chi connectivity index (χ4v) is 5.32. The van der Waals surface area contributed by atoms with Gasteiger partial charge in [-0.05, 0) is 42.3 Å². The Bertz CT molecular complexity index is 1140. The molecule has 1 aliphatic carbocycles. The first-order valence-electron chi connectivity index (χ1n) is 11.2. The molecular weight excluding hydrogens is 452 g/mol. The fourth-order valence-electron chi connectivity index (χ4n) is 5.32. The molecular formula is C27H28O8. The molecule has 1 saturated carbocycles. The highest BCUT2D eigenvalue weighted by atomic mass is 16.5. The largest absolute Gasteiger partial charge is 0.493 e. The lowest BCUT2D eigenvalue weighted by Crippen LogP contribution is -2.55. The van der Waals surface area contributed by atoms with Crippen LogP contribution in [-0.2, 0) is 19.1 Å². The van der Waals surface area contributed by atoms with Crippen molar-refractivity contribution in [3.05, 3.63) is 59.4 Å². The predicted octanol–water partition coefficient (Wildman–Crippen LogP) is 3.97.